The molecule has 0 spiro atoms. The number of allylic oxidation sites excluding steroid dienone is 3. The van der Waals surface area contributed by atoms with E-state index in [4.69, 9.17) is 0 Å². The van der Waals surface area contributed by atoms with Gasteiger partial charge in [-0.05, 0) is 25.2 Å². The van der Waals surface area contributed by atoms with Crippen molar-refractivity contribution in [3.63, 3.8) is 0 Å². The second-order valence-corrected chi connectivity index (χ2v) is 6.58. The van der Waals surface area contributed by atoms with E-state index in [-0.39, 0.29) is 11.9 Å². The quantitative estimate of drug-likeness (QED) is 0.258. The summed E-state index contributed by atoms with van der Waals surface area (Å²) in [5, 5.41) is 2.90. The van der Waals surface area contributed by atoms with Crippen LogP contribution in [0.4, 0.5) is 0 Å². The first-order chi connectivity index (χ1) is 12.1. The summed E-state index contributed by atoms with van der Waals surface area (Å²) in [7, 11) is 1.41. The highest BCUT2D eigenvalue weighted by Gasteiger charge is 2.01. The first kappa shape index (κ1) is 23.4. The molecular weight excluding hydrogens is 314 g/mol. The molecule has 0 bridgehead atoms. The molecule has 1 N–H and O–H groups in total. The lowest BCUT2D eigenvalue weighted by Gasteiger charge is -2.04. The maximum absolute atomic E-state index is 11.7. The molecule has 0 radical (unpaired) electrons. The Morgan fingerprint density at radius 3 is 2.40 bits per heavy atom. The third kappa shape index (κ3) is 17.0. The number of carbonyl (C=O) groups is 2. The molecule has 0 heterocycles. The fourth-order valence-corrected chi connectivity index (χ4v) is 2.48. The topological polar surface area (TPSA) is 55.4 Å². The number of esters is 1. The molecule has 1 unspecified atom stereocenters. The molecule has 4 heteroatoms. The van der Waals surface area contributed by atoms with Gasteiger partial charge < -0.3 is 10.1 Å². The normalized spacial score (nSPS) is 12.6. The van der Waals surface area contributed by atoms with Gasteiger partial charge >= 0.3 is 5.97 Å². The van der Waals surface area contributed by atoms with E-state index in [1.807, 2.05) is 12.2 Å². The summed E-state index contributed by atoms with van der Waals surface area (Å²) < 4.78 is 4.59. The zero-order chi connectivity index (χ0) is 18.8. The van der Waals surface area contributed by atoms with Gasteiger partial charge in [-0.1, -0.05) is 70.3 Å². The predicted molar refractivity (Wildman–Crippen MR) is 104 cm³/mol. The van der Waals surface area contributed by atoms with Crippen LogP contribution in [0, 0.1) is 5.92 Å². The van der Waals surface area contributed by atoms with Crippen molar-refractivity contribution in [2.45, 2.75) is 78.1 Å². The van der Waals surface area contributed by atoms with E-state index < -0.39 is 0 Å². The van der Waals surface area contributed by atoms with E-state index in [2.05, 4.69) is 36.1 Å². The SMILES string of the molecule is CCCCCC(C)/C=C/C=C/CNC(=O)CCCCCCC(=O)OC. The summed E-state index contributed by atoms with van der Waals surface area (Å²) in [5.41, 5.74) is 0. The van der Waals surface area contributed by atoms with E-state index in [9.17, 15) is 9.59 Å². The van der Waals surface area contributed by atoms with E-state index in [0.717, 1.165) is 25.7 Å². The molecule has 0 saturated carbocycles. The zero-order valence-corrected chi connectivity index (χ0v) is 16.4. The van der Waals surface area contributed by atoms with Crippen LogP contribution in [0.2, 0.25) is 0 Å². The molecule has 0 aromatic heterocycles. The van der Waals surface area contributed by atoms with Crippen LogP contribution in [0.25, 0.3) is 0 Å². The molecule has 1 atom stereocenters. The largest absolute Gasteiger partial charge is 0.469 e. The van der Waals surface area contributed by atoms with Crippen molar-refractivity contribution in [1.82, 2.24) is 5.32 Å². The maximum Gasteiger partial charge on any atom is 0.305 e. The van der Waals surface area contributed by atoms with Crippen molar-refractivity contribution in [2.24, 2.45) is 5.92 Å². The fourth-order valence-electron chi connectivity index (χ4n) is 2.48. The fraction of sp³-hybridized carbons (Fsp3) is 0.714. The molecule has 0 aliphatic heterocycles. The standard InChI is InChI=1S/C21H37NO3/c1-4-5-9-14-19(2)15-10-8-13-18-22-20(23)16-11-6-7-12-17-21(24)25-3/h8,10,13,15,19H,4-7,9,11-12,14,16-18H2,1-3H3,(H,22,23)/b13-8+,15-10+. The predicted octanol–water partition coefficient (Wildman–Crippen LogP) is 4.95. The van der Waals surface area contributed by atoms with Gasteiger partial charge in [-0.15, -0.1) is 0 Å². The smallest absolute Gasteiger partial charge is 0.305 e. The summed E-state index contributed by atoms with van der Waals surface area (Å²) in [4.78, 5) is 22.6. The van der Waals surface area contributed by atoms with Crippen LogP contribution in [-0.4, -0.2) is 25.5 Å². The summed E-state index contributed by atoms with van der Waals surface area (Å²) in [6, 6.07) is 0. The second-order valence-electron chi connectivity index (χ2n) is 6.58. The summed E-state index contributed by atoms with van der Waals surface area (Å²) in [6.45, 7) is 5.05. The van der Waals surface area contributed by atoms with Gasteiger partial charge in [0.1, 0.15) is 0 Å². The van der Waals surface area contributed by atoms with Crippen LogP contribution >= 0.6 is 0 Å². The van der Waals surface area contributed by atoms with E-state index in [1.165, 1.54) is 32.8 Å². The minimum Gasteiger partial charge on any atom is -0.469 e. The van der Waals surface area contributed by atoms with Crippen molar-refractivity contribution in [2.75, 3.05) is 13.7 Å². The Morgan fingerprint density at radius 1 is 1.00 bits per heavy atom. The first-order valence-electron chi connectivity index (χ1n) is 9.77. The van der Waals surface area contributed by atoms with Crippen molar-refractivity contribution in [3.8, 4) is 0 Å². The van der Waals surface area contributed by atoms with Crippen molar-refractivity contribution >= 4 is 11.9 Å². The summed E-state index contributed by atoms with van der Waals surface area (Å²) in [5.74, 6) is 0.549. The van der Waals surface area contributed by atoms with Crippen LogP contribution in [0.1, 0.15) is 78.1 Å². The second kappa shape index (κ2) is 17.2. The third-order valence-electron chi connectivity index (χ3n) is 4.13. The number of rotatable bonds is 15. The number of hydrogen-bond acceptors (Lipinski definition) is 3. The highest BCUT2D eigenvalue weighted by molar-refractivity contribution is 5.75. The molecule has 0 aromatic carbocycles. The van der Waals surface area contributed by atoms with Gasteiger partial charge in [0, 0.05) is 19.4 Å². The Morgan fingerprint density at radius 2 is 1.72 bits per heavy atom. The molecule has 1 amide bonds. The van der Waals surface area contributed by atoms with Crippen LogP contribution in [-0.2, 0) is 14.3 Å². The highest BCUT2D eigenvalue weighted by atomic mass is 16.5. The number of unbranched alkanes of at least 4 members (excludes halogenated alkanes) is 5. The average molecular weight is 352 g/mol. The number of hydrogen-bond donors (Lipinski definition) is 1. The average Bonchev–Trinajstić information content (AvgIpc) is 2.60. The maximum atomic E-state index is 11.7. The van der Waals surface area contributed by atoms with Gasteiger partial charge in [-0.25, -0.2) is 0 Å². The number of ether oxygens (including phenoxy) is 1. The van der Waals surface area contributed by atoms with Gasteiger partial charge in [0.2, 0.25) is 5.91 Å². The van der Waals surface area contributed by atoms with Gasteiger partial charge in [0.05, 0.1) is 7.11 Å². The number of amides is 1. The van der Waals surface area contributed by atoms with E-state index in [1.54, 1.807) is 0 Å². The Balaban J connectivity index is 3.54. The molecule has 0 saturated heterocycles. The van der Waals surface area contributed by atoms with Crippen molar-refractivity contribution in [1.29, 1.82) is 0 Å². The number of nitrogens with one attached hydrogen (secondary N) is 1. The molecule has 0 rings (SSSR count). The monoisotopic (exact) mass is 351 g/mol. The molecule has 0 aliphatic rings. The lowest BCUT2D eigenvalue weighted by molar-refractivity contribution is -0.140. The third-order valence-corrected chi connectivity index (χ3v) is 4.13. The minimum atomic E-state index is -0.158. The minimum absolute atomic E-state index is 0.0922. The lowest BCUT2D eigenvalue weighted by atomic mass is 10.0. The number of methoxy groups -OCH3 is 1. The summed E-state index contributed by atoms with van der Waals surface area (Å²) in [6.07, 6.45) is 18.1. The Labute approximate surface area is 154 Å². The highest BCUT2D eigenvalue weighted by Crippen LogP contribution is 2.10. The van der Waals surface area contributed by atoms with E-state index in [0.29, 0.717) is 25.3 Å². The Bertz CT molecular complexity index is 402. The van der Waals surface area contributed by atoms with E-state index >= 15 is 0 Å². The Hall–Kier alpha value is -1.58. The molecule has 0 fully saturated rings. The van der Waals surface area contributed by atoms with Crippen LogP contribution in [0.3, 0.4) is 0 Å². The van der Waals surface area contributed by atoms with Gasteiger partial charge in [-0.3, -0.25) is 9.59 Å². The first-order valence-corrected chi connectivity index (χ1v) is 9.77. The molecule has 144 valence electrons. The van der Waals surface area contributed by atoms with Crippen LogP contribution in [0.5, 0.6) is 0 Å². The van der Waals surface area contributed by atoms with Gasteiger partial charge in [-0.2, -0.15) is 0 Å². The van der Waals surface area contributed by atoms with Gasteiger partial charge in [0.15, 0.2) is 0 Å². The number of carbonyl (C=O) groups excluding carboxylic acids is 2. The van der Waals surface area contributed by atoms with Crippen LogP contribution < -0.4 is 5.32 Å². The Kier molecular flexibility index (Phi) is 16.2. The molecular formula is C21H37NO3. The summed E-state index contributed by atoms with van der Waals surface area (Å²) >= 11 is 0. The van der Waals surface area contributed by atoms with Crippen molar-refractivity contribution in [3.05, 3.63) is 24.3 Å². The molecule has 25 heavy (non-hydrogen) atoms. The molecule has 0 aromatic rings. The van der Waals surface area contributed by atoms with Crippen molar-refractivity contribution < 1.29 is 14.3 Å². The molecule has 4 nitrogen and oxygen atoms in total. The van der Waals surface area contributed by atoms with Gasteiger partial charge in [0.25, 0.3) is 0 Å². The van der Waals surface area contributed by atoms with Crippen LogP contribution in [0.15, 0.2) is 24.3 Å². The zero-order valence-electron chi connectivity index (χ0n) is 16.4. The lowest BCUT2D eigenvalue weighted by Crippen LogP contribution is -2.22. The molecule has 0 aliphatic carbocycles.